The molecule has 2 aliphatic heterocycles. The Morgan fingerprint density at radius 2 is 2.00 bits per heavy atom. The molecule has 2 aliphatic rings. The molecule has 2 fully saturated rings. The van der Waals surface area contributed by atoms with Crippen molar-refractivity contribution in [3.63, 3.8) is 0 Å². The number of hydrogen-bond donors (Lipinski definition) is 1. The number of nitrogens with zero attached hydrogens (tertiary/aromatic N) is 1. The fourth-order valence-corrected chi connectivity index (χ4v) is 3.76. The van der Waals surface area contributed by atoms with E-state index in [4.69, 9.17) is 4.74 Å². The van der Waals surface area contributed by atoms with Gasteiger partial charge in [0.15, 0.2) is 5.78 Å². The van der Waals surface area contributed by atoms with E-state index in [-0.39, 0.29) is 42.6 Å². The van der Waals surface area contributed by atoms with Crippen molar-refractivity contribution >= 4 is 17.6 Å². The molecule has 6 nitrogen and oxygen atoms in total. The van der Waals surface area contributed by atoms with E-state index in [0.29, 0.717) is 19.4 Å². The molecule has 26 heavy (non-hydrogen) atoms. The molecule has 0 spiro atoms. The van der Waals surface area contributed by atoms with Crippen LogP contribution in [0, 0.1) is 5.92 Å². The summed E-state index contributed by atoms with van der Waals surface area (Å²) in [5, 5.41) is 2.89. The van der Waals surface area contributed by atoms with Gasteiger partial charge in [0.2, 0.25) is 11.8 Å². The fraction of sp³-hybridized carbons (Fsp3) is 0.550. The van der Waals surface area contributed by atoms with Gasteiger partial charge in [-0.3, -0.25) is 14.4 Å². The van der Waals surface area contributed by atoms with Gasteiger partial charge in [-0.1, -0.05) is 44.2 Å². The van der Waals surface area contributed by atoms with Crippen molar-refractivity contribution in [2.45, 2.75) is 51.3 Å². The third-order valence-corrected chi connectivity index (χ3v) is 4.94. The molecule has 3 atom stereocenters. The van der Waals surface area contributed by atoms with Gasteiger partial charge in [-0.15, -0.1) is 0 Å². The third-order valence-electron chi connectivity index (χ3n) is 4.94. The van der Waals surface area contributed by atoms with Crippen LogP contribution in [0.5, 0.6) is 0 Å². The number of likely N-dealkylation sites (tertiary alicyclic amines) is 1. The Hall–Kier alpha value is -2.21. The van der Waals surface area contributed by atoms with Crippen LogP contribution in [0.15, 0.2) is 30.3 Å². The molecule has 3 rings (SSSR count). The Balaban J connectivity index is 1.68. The van der Waals surface area contributed by atoms with Gasteiger partial charge >= 0.3 is 0 Å². The highest BCUT2D eigenvalue weighted by molar-refractivity contribution is 5.95. The molecule has 1 N–H and O–H groups in total. The number of fused-ring (bicyclic) bond motifs is 1. The predicted octanol–water partition coefficient (Wildman–Crippen LogP) is 1.33. The Labute approximate surface area is 153 Å². The van der Waals surface area contributed by atoms with Crippen molar-refractivity contribution in [1.82, 2.24) is 10.2 Å². The molecular weight excluding hydrogens is 332 g/mol. The van der Waals surface area contributed by atoms with Crippen LogP contribution in [0.1, 0.15) is 32.3 Å². The van der Waals surface area contributed by atoms with Crippen LogP contribution >= 0.6 is 0 Å². The maximum atomic E-state index is 13.1. The zero-order valence-corrected chi connectivity index (χ0v) is 15.3. The molecule has 0 aromatic heterocycles. The van der Waals surface area contributed by atoms with Gasteiger partial charge in [-0.25, -0.2) is 0 Å². The highest BCUT2D eigenvalue weighted by Crippen LogP contribution is 2.28. The number of benzene rings is 1. The lowest BCUT2D eigenvalue weighted by molar-refractivity contribution is -0.140. The lowest BCUT2D eigenvalue weighted by Crippen LogP contribution is -2.52. The quantitative estimate of drug-likeness (QED) is 0.832. The number of Topliss-reactive ketones (excluding diaryl/α,β-unsaturated/α-hetero) is 1. The molecule has 2 heterocycles. The molecule has 6 heteroatoms. The summed E-state index contributed by atoms with van der Waals surface area (Å²) < 4.78 is 5.46. The van der Waals surface area contributed by atoms with E-state index in [1.807, 2.05) is 44.2 Å². The Morgan fingerprint density at radius 1 is 1.27 bits per heavy atom. The SMILES string of the molecule is CC(C)C[C@H](NC(=O)Cc1ccccc1)C(=O)N1CC[C@H]2OCC(=O)[C@H]21. The molecule has 0 saturated carbocycles. The predicted molar refractivity (Wildman–Crippen MR) is 96.4 cm³/mol. The number of carbonyl (C=O) groups is 3. The molecule has 1 aromatic carbocycles. The van der Waals surface area contributed by atoms with E-state index in [9.17, 15) is 14.4 Å². The summed E-state index contributed by atoms with van der Waals surface area (Å²) in [5.41, 5.74) is 0.904. The van der Waals surface area contributed by atoms with Gasteiger partial charge < -0.3 is 15.0 Å². The van der Waals surface area contributed by atoms with Gasteiger partial charge in [0.1, 0.15) is 18.7 Å². The second kappa shape index (κ2) is 7.99. The first-order valence-electron chi connectivity index (χ1n) is 9.23. The summed E-state index contributed by atoms with van der Waals surface area (Å²) >= 11 is 0. The van der Waals surface area contributed by atoms with Crippen molar-refractivity contribution in [3.8, 4) is 0 Å². The first-order valence-corrected chi connectivity index (χ1v) is 9.23. The maximum Gasteiger partial charge on any atom is 0.245 e. The van der Waals surface area contributed by atoms with E-state index in [0.717, 1.165) is 5.56 Å². The highest BCUT2D eigenvalue weighted by atomic mass is 16.5. The van der Waals surface area contributed by atoms with Crippen LogP contribution in [-0.4, -0.2) is 53.8 Å². The summed E-state index contributed by atoms with van der Waals surface area (Å²) in [6, 6.07) is 8.35. The van der Waals surface area contributed by atoms with E-state index >= 15 is 0 Å². The topological polar surface area (TPSA) is 75.7 Å². The second-order valence-electron chi connectivity index (χ2n) is 7.49. The van der Waals surface area contributed by atoms with Crippen LogP contribution in [0.2, 0.25) is 0 Å². The number of ether oxygens (including phenoxy) is 1. The summed E-state index contributed by atoms with van der Waals surface area (Å²) in [6.07, 6.45) is 1.26. The molecular formula is C20H26N2O4. The summed E-state index contributed by atoms with van der Waals surface area (Å²) in [7, 11) is 0. The van der Waals surface area contributed by atoms with Gasteiger partial charge in [0.25, 0.3) is 0 Å². The summed E-state index contributed by atoms with van der Waals surface area (Å²) in [4.78, 5) is 39.2. The minimum atomic E-state index is -0.613. The van der Waals surface area contributed by atoms with Crippen molar-refractivity contribution in [2.75, 3.05) is 13.2 Å². The maximum absolute atomic E-state index is 13.1. The third kappa shape index (κ3) is 4.12. The molecule has 0 radical (unpaired) electrons. The van der Waals surface area contributed by atoms with Gasteiger partial charge in [-0.2, -0.15) is 0 Å². The number of carbonyl (C=O) groups excluding carboxylic acids is 3. The molecule has 1 aromatic rings. The number of ketones is 1. The van der Waals surface area contributed by atoms with Crippen molar-refractivity contribution in [2.24, 2.45) is 5.92 Å². The molecule has 0 unspecified atom stereocenters. The van der Waals surface area contributed by atoms with Crippen LogP contribution in [0.25, 0.3) is 0 Å². The smallest absolute Gasteiger partial charge is 0.245 e. The molecule has 2 amide bonds. The largest absolute Gasteiger partial charge is 0.368 e. The monoisotopic (exact) mass is 358 g/mol. The van der Waals surface area contributed by atoms with Crippen molar-refractivity contribution in [1.29, 1.82) is 0 Å². The molecule has 0 aliphatic carbocycles. The first-order chi connectivity index (χ1) is 12.5. The van der Waals surface area contributed by atoms with E-state index in [2.05, 4.69) is 5.32 Å². The van der Waals surface area contributed by atoms with Crippen LogP contribution < -0.4 is 5.32 Å². The minimum absolute atomic E-state index is 0.0419. The molecule has 0 bridgehead atoms. The van der Waals surface area contributed by atoms with Crippen molar-refractivity contribution < 1.29 is 19.1 Å². The Kier molecular flexibility index (Phi) is 5.71. The van der Waals surface area contributed by atoms with Gasteiger partial charge in [-0.05, 0) is 24.3 Å². The summed E-state index contributed by atoms with van der Waals surface area (Å²) in [5.74, 6) is -0.152. The number of amides is 2. The van der Waals surface area contributed by atoms with E-state index in [1.54, 1.807) is 4.90 Å². The van der Waals surface area contributed by atoms with Crippen LogP contribution in [-0.2, 0) is 25.5 Å². The van der Waals surface area contributed by atoms with Crippen LogP contribution in [0.3, 0.4) is 0 Å². The average Bonchev–Trinajstić information content (AvgIpc) is 3.17. The standard InChI is InChI=1S/C20H26N2O4/c1-13(2)10-15(21-18(24)11-14-6-4-3-5-7-14)20(25)22-9-8-17-19(22)16(23)12-26-17/h3-7,13,15,17,19H,8-12H2,1-2H3,(H,21,24)/t15-,17+,19+/m0/s1. The lowest BCUT2D eigenvalue weighted by Gasteiger charge is -2.28. The fourth-order valence-electron chi connectivity index (χ4n) is 3.76. The zero-order chi connectivity index (χ0) is 18.7. The van der Waals surface area contributed by atoms with E-state index in [1.165, 1.54) is 0 Å². The second-order valence-corrected chi connectivity index (χ2v) is 7.49. The van der Waals surface area contributed by atoms with Gasteiger partial charge in [0.05, 0.1) is 12.5 Å². The van der Waals surface area contributed by atoms with Crippen LogP contribution in [0.4, 0.5) is 0 Å². The average molecular weight is 358 g/mol. The normalized spacial score (nSPS) is 23.2. The van der Waals surface area contributed by atoms with Crippen molar-refractivity contribution in [3.05, 3.63) is 35.9 Å². The highest BCUT2D eigenvalue weighted by Gasteiger charge is 2.48. The minimum Gasteiger partial charge on any atom is -0.368 e. The Bertz CT molecular complexity index is 674. The first kappa shape index (κ1) is 18.6. The molecule has 2 saturated heterocycles. The Morgan fingerprint density at radius 3 is 2.69 bits per heavy atom. The lowest BCUT2D eigenvalue weighted by atomic mass is 10.0. The summed E-state index contributed by atoms with van der Waals surface area (Å²) in [6.45, 7) is 4.61. The number of nitrogens with one attached hydrogen (secondary N) is 1. The van der Waals surface area contributed by atoms with E-state index < -0.39 is 12.1 Å². The van der Waals surface area contributed by atoms with Gasteiger partial charge in [0, 0.05) is 6.54 Å². The molecule has 140 valence electrons. The number of rotatable bonds is 6. The number of hydrogen-bond acceptors (Lipinski definition) is 4. The zero-order valence-electron chi connectivity index (χ0n) is 15.3.